The Morgan fingerprint density at radius 2 is 1.69 bits per heavy atom. The Balaban J connectivity index is 0. The van der Waals surface area contributed by atoms with E-state index in [2.05, 4.69) is 4.74 Å². The second-order valence-electron chi connectivity index (χ2n) is 2.21. The van der Waals surface area contributed by atoms with Crippen molar-refractivity contribution in [2.24, 2.45) is 0 Å². The fourth-order valence-electron chi connectivity index (χ4n) is 0.419. The number of carbonyl (C=O) groups excluding carboxylic acids is 1. The van der Waals surface area contributed by atoms with Crippen LogP contribution < -0.4 is 0 Å². The lowest BCUT2D eigenvalue weighted by Crippen LogP contribution is -2.02. The van der Waals surface area contributed by atoms with Gasteiger partial charge in [-0.2, -0.15) is 0 Å². The van der Waals surface area contributed by atoms with Gasteiger partial charge in [-0.3, -0.25) is 9.59 Å². The summed E-state index contributed by atoms with van der Waals surface area (Å²) in [5, 5.41) is 7.42. The number of methoxy groups -OCH3 is 1. The average Bonchev–Trinajstić information content (AvgIpc) is 1.97. The molecule has 0 saturated carbocycles. The maximum atomic E-state index is 10.1. The Bertz CT molecular complexity index is 139. The van der Waals surface area contributed by atoms with E-state index in [1.807, 2.05) is 0 Å². The van der Waals surface area contributed by atoms with Crippen molar-refractivity contribution in [2.45, 2.75) is 20.3 Å². The third kappa shape index (κ3) is 36.0. The minimum Gasteiger partial charge on any atom is -0.481 e. The molecule has 0 fully saturated rings. The van der Waals surface area contributed by atoms with E-state index in [1.165, 1.54) is 6.92 Å². The number of hydrogen-bond donors (Lipinski definition) is 1. The van der Waals surface area contributed by atoms with Crippen LogP contribution in [0.1, 0.15) is 20.3 Å². The number of aliphatic carboxylic acids is 1. The molecule has 0 aliphatic carbocycles. The van der Waals surface area contributed by atoms with E-state index in [0.717, 1.165) is 13.3 Å². The van der Waals surface area contributed by atoms with Crippen LogP contribution in [0.15, 0.2) is 0 Å². The summed E-state index contributed by atoms with van der Waals surface area (Å²) in [5.74, 6) is -1.06. The van der Waals surface area contributed by atoms with Crippen LogP contribution in [-0.2, 0) is 19.1 Å². The van der Waals surface area contributed by atoms with Crippen molar-refractivity contribution in [2.75, 3.05) is 20.3 Å². The monoisotopic (exact) mass is 192 g/mol. The highest BCUT2D eigenvalue weighted by atomic mass is 16.5. The predicted octanol–water partition coefficient (Wildman–Crippen LogP) is 0.677. The summed E-state index contributed by atoms with van der Waals surface area (Å²) in [5.41, 5.74) is 0. The molecule has 13 heavy (non-hydrogen) atoms. The van der Waals surface area contributed by atoms with Crippen molar-refractivity contribution in [3.8, 4) is 0 Å². The highest BCUT2D eigenvalue weighted by molar-refractivity contribution is 5.65. The molecule has 0 radical (unpaired) electrons. The summed E-state index contributed by atoms with van der Waals surface area (Å²) in [4.78, 5) is 19.1. The smallest absolute Gasteiger partial charge is 0.302 e. The van der Waals surface area contributed by atoms with E-state index in [4.69, 9.17) is 14.6 Å². The molecule has 0 rings (SSSR count). The summed E-state index contributed by atoms with van der Waals surface area (Å²) in [7, 11) is 1.62. The fourth-order valence-corrected chi connectivity index (χ4v) is 0.419. The Morgan fingerprint density at radius 3 is 2.00 bits per heavy atom. The van der Waals surface area contributed by atoms with Crippen LogP contribution in [0.25, 0.3) is 0 Å². The van der Waals surface area contributed by atoms with Gasteiger partial charge in [0.15, 0.2) is 0 Å². The van der Waals surface area contributed by atoms with Crippen LogP contribution in [0.2, 0.25) is 0 Å². The SMILES string of the molecule is CC(=O)O.COCCCOC(C)=O. The fraction of sp³-hybridized carbons (Fsp3) is 0.750. The molecule has 0 saturated heterocycles. The van der Waals surface area contributed by atoms with Crippen molar-refractivity contribution < 1.29 is 24.2 Å². The van der Waals surface area contributed by atoms with Gasteiger partial charge in [0.1, 0.15) is 0 Å². The molecular formula is C8H16O5. The van der Waals surface area contributed by atoms with E-state index in [-0.39, 0.29) is 5.97 Å². The zero-order chi connectivity index (χ0) is 10.7. The van der Waals surface area contributed by atoms with Gasteiger partial charge in [-0.1, -0.05) is 0 Å². The summed E-state index contributed by atoms with van der Waals surface area (Å²) in [6, 6.07) is 0. The third-order valence-corrected chi connectivity index (χ3v) is 0.798. The average molecular weight is 192 g/mol. The van der Waals surface area contributed by atoms with Gasteiger partial charge in [0.05, 0.1) is 6.61 Å². The molecule has 78 valence electrons. The number of carbonyl (C=O) groups is 2. The highest BCUT2D eigenvalue weighted by Crippen LogP contribution is 1.82. The molecule has 0 aliphatic heterocycles. The second-order valence-corrected chi connectivity index (χ2v) is 2.21. The minimum atomic E-state index is -0.833. The van der Waals surface area contributed by atoms with Crippen molar-refractivity contribution in [1.82, 2.24) is 0 Å². The first kappa shape index (κ1) is 14.4. The molecule has 0 heterocycles. The first-order valence-corrected chi connectivity index (χ1v) is 3.82. The largest absolute Gasteiger partial charge is 0.481 e. The number of rotatable bonds is 4. The molecule has 0 spiro atoms. The lowest BCUT2D eigenvalue weighted by molar-refractivity contribution is -0.141. The maximum Gasteiger partial charge on any atom is 0.302 e. The second kappa shape index (κ2) is 10.9. The topological polar surface area (TPSA) is 72.8 Å². The van der Waals surface area contributed by atoms with Gasteiger partial charge in [-0.15, -0.1) is 0 Å². The molecule has 5 nitrogen and oxygen atoms in total. The molecule has 0 bridgehead atoms. The maximum absolute atomic E-state index is 10.1. The van der Waals surface area contributed by atoms with Gasteiger partial charge in [-0.25, -0.2) is 0 Å². The minimum absolute atomic E-state index is 0.230. The molecule has 0 aromatic carbocycles. The lowest BCUT2D eigenvalue weighted by Gasteiger charge is -1.98. The van der Waals surface area contributed by atoms with Crippen LogP contribution in [0.5, 0.6) is 0 Å². The quantitative estimate of drug-likeness (QED) is 0.523. The van der Waals surface area contributed by atoms with Crippen molar-refractivity contribution in [1.29, 1.82) is 0 Å². The van der Waals surface area contributed by atoms with Gasteiger partial charge in [0.25, 0.3) is 5.97 Å². The Morgan fingerprint density at radius 1 is 1.23 bits per heavy atom. The molecular weight excluding hydrogens is 176 g/mol. The molecule has 1 N–H and O–H groups in total. The Kier molecular flexibility index (Phi) is 12.1. The molecule has 0 atom stereocenters. The Labute approximate surface area is 77.6 Å². The van der Waals surface area contributed by atoms with Gasteiger partial charge in [0.2, 0.25) is 0 Å². The van der Waals surface area contributed by atoms with Crippen LogP contribution in [-0.4, -0.2) is 37.4 Å². The summed E-state index contributed by atoms with van der Waals surface area (Å²) >= 11 is 0. The number of hydrogen-bond acceptors (Lipinski definition) is 4. The van der Waals surface area contributed by atoms with Gasteiger partial charge in [-0.05, 0) is 0 Å². The number of ether oxygens (including phenoxy) is 2. The zero-order valence-corrected chi connectivity index (χ0v) is 8.20. The number of carboxylic acid groups (broad SMARTS) is 1. The summed E-state index contributed by atoms with van der Waals surface area (Å²) < 4.78 is 9.36. The summed E-state index contributed by atoms with van der Waals surface area (Å²) in [6.45, 7) is 3.59. The van der Waals surface area contributed by atoms with Gasteiger partial charge < -0.3 is 14.6 Å². The first-order valence-electron chi connectivity index (χ1n) is 3.82. The lowest BCUT2D eigenvalue weighted by atomic mass is 10.5. The number of esters is 1. The molecule has 0 aromatic heterocycles. The molecule has 0 amide bonds. The van der Waals surface area contributed by atoms with E-state index < -0.39 is 5.97 Å². The van der Waals surface area contributed by atoms with Gasteiger partial charge >= 0.3 is 5.97 Å². The molecule has 0 aromatic rings. The predicted molar refractivity (Wildman–Crippen MR) is 46.4 cm³/mol. The standard InChI is InChI=1S/C6H12O3.C2H4O2/c1-6(7)9-5-3-4-8-2;1-2(3)4/h3-5H2,1-2H3;1H3,(H,3,4). The zero-order valence-electron chi connectivity index (χ0n) is 8.20. The first-order chi connectivity index (χ1) is 6.00. The number of carboxylic acids is 1. The molecule has 5 heteroatoms. The van der Waals surface area contributed by atoms with Crippen LogP contribution in [0, 0.1) is 0 Å². The molecule has 0 aliphatic rings. The van der Waals surface area contributed by atoms with Crippen molar-refractivity contribution >= 4 is 11.9 Å². The molecule has 0 unspecified atom stereocenters. The van der Waals surface area contributed by atoms with E-state index >= 15 is 0 Å². The normalized spacial score (nSPS) is 8.23. The third-order valence-electron chi connectivity index (χ3n) is 0.798. The highest BCUT2D eigenvalue weighted by Gasteiger charge is 1.90. The van der Waals surface area contributed by atoms with Crippen molar-refractivity contribution in [3.05, 3.63) is 0 Å². The Hall–Kier alpha value is -1.10. The van der Waals surface area contributed by atoms with Crippen LogP contribution in [0.4, 0.5) is 0 Å². The van der Waals surface area contributed by atoms with Crippen molar-refractivity contribution in [3.63, 3.8) is 0 Å². The van der Waals surface area contributed by atoms with E-state index in [1.54, 1.807) is 7.11 Å². The van der Waals surface area contributed by atoms with Crippen LogP contribution in [0.3, 0.4) is 0 Å². The van der Waals surface area contributed by atoms with Crippen LogP contribution >= 0.6 is 0 Å². The van der Waals surface area contributed by atoms with E-state index in [0.29, 0.717) is 13.2 Å². The summed E-state index contributed by atoms with van der Waals surface area (Å²) in [6.07, 6.45) is 0.774. The van der Waals surface area contributed by atoms with Gasteiger partial charge in [0, 0.05) is 34.0 Å². The van der Waals surface area contributed by atoms with E-state index in [9.17, 15) is 4.79 Å².